The Morgan fingerprint density at radius 1 is 1.52 bits per heavy atom. The Hall–Kier alpha value is -1.40. The largest absolute Gasteiger partial charge is 0.370 e. The zero-order chi connectivity index (χ0) is 16.7. The number of hydrogen-bond donors (Lipinski definition) is 1. The van der Waals surface area contributed by atoms with Crippen molar-refractivity contribution in [2.45, 2.75) is 63.3 Å². The minimum Gasteiger partial charge on any atom is -0.370 e. The number of ether oxygens (including phenoxy) is 1. The number of aromatic nitrogens is 2. The number of aryl methyl sites for hydroxylation is 1. The van der Waals surface area contributed by atoms with E-state index in [1.807, 2.05) is 17.9 Å². The van der Waals surface area contributed by atoms with Crippen molar-refractivity contribution in [1.29, 1.82) is 0 Å². The minimum absolute atomic E-state index is 0.0359. The molecular formula is C17H28N4O2. The van der Waals surface area contributed by atoms with E-state index in [2.05, 4.69) is 35.4 Å². The van der Waals surface area contributed by atoms with E-state index in [4.69, 9.17) is 4.74 Å². The molecule has 2 aliphatic heterocycles. The van der Waals surface area contributed by atoms with Gasteiger partial charge in [-0.1, -0.05) is 0 Å². The molecule has 1 spiro atoms. The van der Waals surface area contributed by atoms with Crippen molar-refractivity contribution in [3.05, 3.63) is 18.0 Å². The zero-order valence-electron chi connectivity index (χ0n) is 14.6. The van der Waals surface area contributed by atoms with E-state index in [1.54, 1.807) is 7.05 Å². The number of amides is 1. The van der Waals surface area contributed by atoms with Gasteiger partial charge in [0.15, 0.2) is 0 Å². The second-order valence-corrected chi connectivity index (χ2v) is 7.57. The highest BCUT2D eigenvalue weighted by Crippen LogP contribution is 2.49. The van der Waals surface area contributed by atoms with Crippen molar-refractivity contribution in [1.82, 2.24) is 20.0 Å². The maximum absolute atomic E-state index is 12.0. The van der Waals surface area contributed by atoms with Gasteiger partial charge in [-0.15, -0.1) is 0 Å². The number of hydrogen-bond acceptors (Lipinski definition) is 4. The fourth-order valence-electron chi connectivity index (χ4n) is 4.42. The average Bonchev–Trinajstić information content (AvgIpc) is 3.11. The quantitative estimate of drug-likeness (QED) is 0.912. The first-order valence-corrected chi connectivity index (χ1v) is 8.46. The fourth-order valence-corrected chi connectivity index (χ4v) is 4.42. The van der Waals surface area contributed by atoms with E-state index >= 15 is 0 Å². The van der Waals surface area contributed by atoms with Gasteiger partial charge < -0.3 is 10.1 Å². The lowest BCUT2D eigenvalue weighted by Crippen LogP contribution is -2.51. The number of likely N-dealkylation sites (tertiary alicyclic amines) is 1. The Kier molecular flexibility index (Phi) is 4.23. The van der Waals surface area contributed by atoms with E-state index in [0.717, 1.165) is 32.4 Å². The molecule has 3 heterocycles. The summed E-state index contributed by atoms with van der Waals surface area (Å²) in [6.07, 6.45) is 7.62. The summed E-state index contributed by atoms with van der Waals surface area (Å²) in [6.45, 7) is 6.20. The van der Waals surface area contributed by atoms with Gasteiger partial charge in [0, 0.05) is 32.4 Å². The molecule has 0 unspecified atom stereocenters. The first kappa shape index (κ1) is 16.5. The van der Waals surface area contributed by atoms with Crippen LogP contribution in [0.25, 0.3) is 0 Å². The average molecular weight is 320 g/mol. The maximum Gasteiger partial charge on any atom is 0.222 e. The van der Waals surface area contributed by atoms with Crippen molar-refractivity contribution in [3.8, 4) is 0 Å². The van der Waals surface area contributed by atoms with Crippen LogP contribution in [0.1, 0.15) is 45.1 Å². The van der Waals surface area contributed by atoms with Crippen LogP contribution in [0.15, 0.2) is 12.4 Å². The molecule has 3 rings (SSSR count). The zero-order valence-corrected chi connectivity index (χ0v) is 14.6. The van der Waals surface area contributed by atoms with E-state index in [1.165, 1.54) is 5.56 Å². The molecule has 0 saturated carbocycles. The second-order valence-electron chi connectivity index (χ2n) is 7.57. The standard InChI is InChI=1S/C17H28N4O2/c1-16(2)12-17(14(23-16)8-15(22)18-3)6-5-7-21(17)11-13-9-19-20(4)10-13/h9-10,14H,5-8,11-12H2,1-4H3,(H,18,22)/t14-,17+/m0/s1. The monoisotopic (exact) mass is 320 g/mol. The van der Waals surface area contributed by atoms with Gasteiger partial charge in [0.1, 0.15) is 0 Å². The normalized spacial score (nSPS) is 30.2. The number of rotatable bonds is 4. The Bertz CT molecular complexity index is 583. The Labute approximate surface area is 138 Å². The van der Waals surface area contributed by atoms with E-state index < -0.39 is 0 Å². The SMILES string of the molecule is CNC(=O)C[C@@H]1OC(C)(C)C[C@]12CCCN2Cc1cnn(C)c1. The number of carbonyl (C=O) groups is 1. The Balaban J connectivity index is 1.84. The molecule has 0 aliphatic carbocycles. The molecule has 6 heteroatoms. The number of carbonyl (C=O) groups excluding carboxylic acids is 1. The number of nitrogens with one attached hydrogen (secondary N) is 1. The maximum atomic E-state index is 12.0. The number of nitrogens with zero attached hydrogens (tertiary/aromatic N) is 3. The van der Waals surface area contributed by atoms with Gasteiger partial charge >= 0.3 is 0 Å². The molecule has 1 aromatic heterocycles. The van der Waals surface area contributed by atoms with Gasteiger partial charge in [-0.2, -0.15) is 5.10 Å². The van der Waals surface area contributed by atoms with E-state index in [-0.39, 0.29) is 23.2 Å². The molecule has 1 amide bonds. The van der Waals surface area contributed by atoms with Gasteiger partial charge in [0.2, 0.25) is 5.91 Å². The van der Waals surface area contributed by atoms with Crippen molar-refractivity contribution < 1.29 is 9.53 Å². The minimum atomic E-state index is -0.184. The van der Waals surface area contributed by atoms with Crippen LogP contribution in [0, 0.1) is 0 Å². The molecule has 1 N–H and O–H groups in total. The Morgan fingerprint density at radius 2 is 2.30 bits per heavy atom. The summed E-state index contributed by atoms with van der Waals surface area (Å²) < 4.78 is 8.15. The van der Waals surface area contributed by atoms with Crippen LogP contribution in [-0.4, -0.2) is 51.4 Å². The molecule has 23 heavy (non-hydrogen) atoms. The third-order valence-electron chi connectivity index (χ3n) is 5.24. The third-order valence-corrected chi connectivity index (χ3v) is 5.24. The fraction of sp³-hybridized carbons (Fsp3) is 0.765. The molecule has 0 aromatic carbocycles. The summed E-state index contributed by atoms with van der Waals surface area (Å²) in [5, 5.41) is 7.02. The summed E-state index contributed by atoms with van der Waals surface area (Å²) in [5.74, 6) is 0.0558. The smallest absolute Gasteiger partial charge is 0.222 e. The third kappa shape index (κ3) is 3.15. The van der Waals surface area contributed by atoms with Crippen LogP contribution in [-0.2, 0) is 23.1 Å². The summed E-state index contributed by atoms with van der Waals surface area (Å²) in [7, 11) is 3.64. The summed E-state index contributed by atoms with van der Waals surface area (Å²) in [4.78, 5) is 14.5. The lowest BCUT2D eigenvalue weighted by Gasteiger charge is -2.38. The Morgan fingerprint density at radius 3 is 2.96 bits per heavy atom. The van der Waals surface area contributed by atoms with Crippen molar-refractivity contribution in [2.24, 2.45) is 7.05 Å². The van der Waals surface area contributed by atoms with Gasteiger partial charge in [0.25, 0.3) is 0 Å². The van der Waals surface area contributed by atoms with Gasteiger partial charge in [0.05, 0.1) is 29.9 Å². The van der Waals surface area contributed by atoms with Crippen molar-refractivity contribution in [3.63, 3.8) is 0 Å². The predicted molar refractivity (Wildman–Crippen MR) is 87.8 cm³/mol. The van der Waals surface area contributed by atoms with Gasteiger partial charge in [-0.3, -0.25) is 14.4 Å². The van der Waals surface area contributed by atoms with Crippen LogP contribution < -0.4 is 5.32 Å². The lowest BCUT2D eigenvalue weighted by molar-refractivity contribution is -0.126. The topological polar surface area (TPSA) is 59.4 Å². The first-order chi connectivity index (χ1) is 10.8. The highest BCUT2D eigenvalue weighted by atomic mass is 16.5. The van der Waals surface area contributed by atoms with Crippen LogP contribution in [0.5, 0.6) is 0 Å². The molecule has 2 atom stereocenters. The highest BCUT2D eigenvalue weighted by Gasteiger charge is 2.57. The lowest BCUT2D eigenvalue weighted by atomic mass is 9.82. The predicted octanol–water partition coefficient (Wildman–Crippen LogP) is 1.46. The molecule has 0 radical (unpaired) electrons. The van der Waals surface area contributed by atoms with Crippen LogP contribution in [0.2, 0.25) is 0 Å². The van der Waals surface area contributed by atoms with Gasteiger partial charge in [-0.25, -0.2) is 0 Å². The summed E-state index contributed by atoms with van der Waals surface area (Å²) in [5.41, 5.74) is 0.999. The molecule has 2 fully saturated rings. The second kappa shape index (κ2) is 5.91. The molecule has 2 aliphatic rings. The van der Waals surface area contributed by atoms with Gasteiger partial charge in [-0.05, 0) is 39.7 Å². The van der Waals surface area contributed by atoms with Crippen molar-refractivity contribution >= 4 is 5.91 Å². The van der Waals surface area contributed by atoms with Crippen molar-refractivity contribution in [2.75, 3.05) is 13.6 Å². The van der Waals surface area contributed by atoms with Crippen LogP contribution >= 0.6 is 0 Å². The molecule has 1 aromatic rings. The summed E-state index contributed by atoms with van der Waals surface area (Å²) in [6, 6.07) is 0. The molecule has 6 nitrogen and oxygen atoms in total. The van der Waals surface area contributed by atoms with E-state index in [9.17, 15) is 4.79 Å². The molecule has 0 bridgehead atoms. The van der Waals surface area contributed by atoms with E-state index in [0.29, 0.717) is 6.42 Å². The molecule has 2 saturated heterocycles. The molecular weight excluding hydrogens is 292 g/mol. The first-order valence-electron chi connectivity index (χ1n) is 8.46. The highest BCUT2D eigenvalue weighted by molar-refractivity contribution is 5.76. The summed E-state index contributed by atoms with van der Waals surface area (Å²) >= 11 is 0. The van der Waals surface area contributed by atoms with Crippen LogP contribution in [0.4, 0.5) is 0 Å². The molecule has 128 valence electrons. The van der Waals surface area contributed by atoms with Crippen LogP contribution in [0.3, 0.4) is 0 Å².